The lowest BCUT2D eigenvalue weighted by Crippen LogP contribution is -2.16. The number of para-hydroxylation sites is 1. The normalized spacial score (nSPS) is 11.4. The van der Waals surface area contributed by atoms with Gasteiger partial charge < -0.3 is 4.74 Å². The summed E-state index contributed by atoms with van der Waals surface area (Å²) in [6.45, 7) is 3.22. The van der Waals surface area contributed by atoms with Crippen LogP contribution in [-0.4, -0.2) is 24.6 Å². The molecule has 0 saturated carbocycles. The Morgan fingerprint density at radius 2 is 1.64 bits per heavy atom. The summed E-state index contributed by atoms with van der Waals surface area (Å²) in [5, 5.41) is 4.46. The van der Waals surface area contributed by atoms with Gasteiger partial charge in [-0.2, -0.15) is 0 Å². The number of carbonyl (C=O) groups excluding carboxylic acids is 1. The van der Waals surface area contributed by atoms with E-state index in [1.54, 1.807) is 26.0 Å². The fourth-order valence-electron chi connectivity index (χ4n) is 3.04. The number of carbonyl (C=O) groups is 1. The predicted molar refractivity (Wildman–Crippen MR) is 131 cm³/mol. The van der Waals surface area contributed by atoms with E-state index >= 15 is 0 Å². The van der Waals surface area contributed by atoms with Crippen molar-refractivity contribution in [1.29, 1.82) is 0 Å². The molecule has 1 heterocycles. The Morgan fingerprint density at radius 1 is 0.939 bits per heavy atom. The summed E-state index contributed by atoms with van der Waals surface area (Å²) >= 11 is 1.30. The van der Waals surface area contributed by atoms with Crippen LogP contribution in [0.1, 0.15) is 24.2 Å². The molecule has 33 heavy (non-hydrogen) atoms. The number of nitrogens with one attached hydrogen (secondary N) is 1. The minimum absolute atomic E-state index is 0.128. The van der Waals surface area contributed by atoms with Crippen molar-refractivity contribution in [3.63, 3.8) is 0 Å². The largest absolute Gasteiger partial charge is 0.457 e. The van der Waals surface area contributed by atoms with Gasteiger partial charge in [0.1, 0.15) is 11.5 Å². The van der Waals surface area contributed by atoms with Crippen LogP contribution in [0.25, 0.3) is 11.3 Å². The Labute approximate surface area is 196 Å². The molecule has 4 aromatic rings. The van der Waals surface area contributed by atoms with Crippen LogP contribution in [0, 0.1) is 0 Å². The van der Waals surface area contributed by atoms with Gasteiger partial charge in [0, 0.05) is 16.5 Å². The van der Waals surface area contributed by atoms with Gasteiger partial charge in [-0.05, 0) is 68.4 Å². The molecular formula is C25H22N2O4S2. The molecule has 0 aliphatic heterocycles. The Hall–Kier alpha value is -3.49. The van der Waals surface area contributed by atoms with Crippen molar-refractivity contribution < 1.29 is 17.9 Å². The number of anilines is 1. The fourth-order valence-corrected chi connectivity index (χ4v) is 4.86. The maximum Gasteiger partial charge on any atom is 0.257 e. The second kappa shape index (κ2) is 9.56. The van der Waals surface area contributed by atoms with Crippen LogP contribution in [-0.2, 0) is 9.84 Å². The lowest BCUT2D eigenvalue weighted by molar-refractivity contribution is 0.102. The van der Waals surface area contributed by atoms with E-state index in [4.69, 9.17) is 4.74 Å². The molecule has 0 aliphatic rings. The topological polar surface area (TPSA) is 85.4 Å². The van der Waals surface area contributed by atoms with Gasteiger partial charge >= 0.3 is 0 Å². The number of hydrogen-bond donors (Lipinski definition) is 1. The van der Waals surface area contributed by atoms with Gasteiger partial charge in [-0.15, -0.1) is 11.3 Å². The van der Waals surface area contributed by atoms with Crippen molar-refractivity contribution in [3.8, 4) is 22.8 Å². The van der Waals surface area contributed by atoms with E-state index < -0.39 is 21.0 Å². The summed E-state index contributed by atoms with van der Waals surface area (Å²) in [6, 6.07) is 23.1. The third kappa shape index (κ3) is 5.30. The average Bonchev–Trinajstić information content (AvgIpc) is 3.28. The smallest absolute Gasteiger partial charge is 0.257 e. The van der Waals surface area contributed by atoms with Crippen LogP contribution in [0.15, 0.2) is 89.1 Å². The molecule has 1 aromatic heterocycles. The quantitative estimate of drug-likeness (QED) is 0.350. The summed E-state index contributed by atoms with van der Waals surface area (Å²) in [7, 11) is -3.46. The SMILES string of the molecule is CC(C)S(=O)(=O)c1cccc(C(=O)Nc2nc(-c3ccc(Oc4ccccc4)cc3)cs2)c1. The van der Waals surface area contributed by atoms with Crippen LogP contribution in [0.2, 0.25) is 0 Å². The van der Waals surface area contributed by atoms with Gasteiger partial charge in [-0.1, -0.05) is 24.3 Å². The number of aromatic nitrogens is 1. The van der Waals surface area contributed by atoms with Crippen LogP contribution in [0.4, 0.5) is 5.13 Å². The lowest BCUT2D eigenvalue weighted by Gasteiger charge is -2.09. The number of hydrogen-bond acceptors (Lipinski definition) is 6. The summed E-state index contributed by atoms with van der Waals surface area (Å²) in [4.78, 5) is 17.3. The first kappa shape index (κ1) is 22.7. The van der Waals surface area contributed by atoms with Crippen molar-refractivity contribution in [3.05, 3.63) is 89.8 Å². The van der Waals surface area contributed by atoms with Crippen molar-refractivity contribution in [2.75, 3.05) is 5.32 Å². The third-order valence-corrected chi connectivity index (χ3v) is 7.81. The zero-order valence-corrected chi connectivity index (χ0v) is 19.7. The minimum atomic E-state index is -3.46. The van der Waals surface area contributed by atoms with Gasteiger partial charge in [-0.25, -0.2) is 13.4 Å². The first-order chi connectivity index (χ1) is 15.8. The van der Waals surface area contributed by atoms with Crippen molar-refractivity contribution in [2.24, 2.45) is 0 Å². The highest BCUT2D eigenvalue weighted by molar-refractivity contribution is 7.92. The average molecular weight is 479 g/mol. The molecule has 168 valence electrons. The van der Waals surface area contributed by atoms with Gasteiger partial charge in [0.05, 0.1) is 15.8 Å². The number of rotatable bonds is 7. The Morgan fingerprint density at radius 3 is 2.33 bits per heavy atom. The Kier molecular flexibility index (Phi) is 6.57. The third-order valence-electron chi connectivity index (χ3n) is 4.90. The zero-order valence-electron chi connectivity index (χ0n) is 18.1. The summed E-state index contributed by atoms with van der Waals surface area (Å²) < 4.78 is 30.6. The van der Waals surface area contributed by atoms with Crippen LogP contribution in [0.3, 0.4) is 0 Å². The Bertz CT molecular complexity index is 1360. The van der Waals surface area contributed by atoms with E-state index in [0.29, 0.717) is 10.9 Å². The second-order valence-electron chi connectivity index (χ2n) is 7.55. The monoisotopic (exact) mass is 478 g/mol. The molecule has 0 fully saturated rings. The molecule has 0 aliphatic carbocycles. The maximum atomic E-state index is 12.7. The van der Waals surface area contributed by atoms with E-state index in [2.05, 4.69) is 10.3 Å². The predicted octanol–water partition coefficient (Wildman–Crippen LogP) is 6.04. The highest BCUT2D eigenvalue weighted by atomic mass is 32.2. The van der Waals surface area contributed by atoms with Crippen LogP contribution < -0.4 is 10.1 Å². The molecule has 0 atom stereocenters. The van der Waals surface area contributed by atoms with Crippen molar-refractivity contribution in [2.45, 2.75) is 24.0 Å². The molecule has 0 unspecified atom stereocenters. The highest BCUT2D eigenvalue weighted by Gasteiger charge is 2.20. The molecule has 1 amide bonds. The van der Waals surface area contributed by atoms with Crippen molar-refractivity contribution in [1.82, 2.24) is 4.98 Å². The molecule has 0 radical (unpaired) electrons. The second-order valence-corrected chi connectivity index (χ2v) is 10.9. The molecule has 8 heteroatoms. The standard InChI is InChI=1S/C25H22N2O4S2/c1-17(2)33(29,30)22-10-6-7-19(15-22)24(28)27-25-26-23(16-32-25)18-11-13-21(14-12-18)31-20-8-4-3-5-9-20/h3-17H,1-2H3,(H,26,27,28). The number of benzene rings is 3. The van der Waals surface area contributed by atoms with Gasteiger partial charge in [-0.3, -0.25) is 10.1 Å². The van der Waals surface area contributed by atoms with Crippen LogP contribution >= 0.6 is 11.3 Å². The van der Waals surface area contributed by atoms with Gasteiger partial charge in [0.15, 0.2) is 15.0 Å². The van der Waals surface area contributed by atoms with Gasteiger partial charge in [0.2, 0.25) is 0 Å². The lowest BCUT2D eigenvalue weighted by atomic mass is 10.2. The number of ether oxygens (including phenoxy) is 1. The van der Waals surface area contributed by atoms with Crippen LogP contribution in [0.5, 0.6) is 11.5 Å². The van der Waals surface area contributed by atoms with E-state index in [1.165, 1.54) is 23.5 Å². The zero-order chi connectivity index (χ0) is 23.4. The first-order valence-electron chi connectivity index (χ1n) is 10.3. The van der Waals surface area contributed by atoms with E-state index in [0.717, 1.165) is 17.0 Å². The number of nitrogens with zero attached hydrogens (tertiary/aromatic N) is 1. The molecule has 0 bridgehead atoms. The number of sulfone groups is 1. The van der Waals surface area contributed by atoms with Gasteiger partial charge in [0.25, 0.3) is 5.91 Å². The first-order valence-corrected chi connectivity index (χ1v) is 12.7. The molecule has 3 aromatic carbocycles. The molecular weight excluding hydrogens is 456 g/mol. The molecule has 1 N–H and O–H groups in total. The molecule has 6 nitrogen and oxygen atoms in total. The van der Waals surface area contributed by atoms with Crippen molar-refractivity contribution >= 4 is 32.2 Å². The molecule has 0 saturated heterocycles. The summed E-state index contributed by atoms with van der Waals surface area (Å²) in [5.41, 5.74) is 1.87. The number of amides is 1. The Balaban J connectivity index is 1.45. The number of thiazole rings is 1. The van der Waals surface area contributed by atoms with E-state index in [-0.39, 0.29) is 10.5 Å². The van der Waals surface area contributed by atoms with E-state index in [9.17, 15) is 13.2 Å². The van der Waals surface area contributed by atoms with E-state index in [1.807, 2.05) is 60.0 Å². The fraction of sp³-hybridized carbons (Fsp3) is 0.120. The molecule has 4 rings (SSSR count). The summed E-state index contributed by atoms with van der Waals surface area (Å²) in [6.07, 6.45) is 0. The maximum absolute atomic E-state index is 12.7. The molecule has 0 spiro atoms. The minimum Gasteiger partial charge on any atom is -0.457 e. The highest BCUT2D eigenvalue weighted by Crippen LogP contribution is 2.28. The summed E-state index contributed by atoms with van der Waals surface area (Å²) in [5.74, 6) is 1.06.